The zero-order chi connectivity index (χ0) is 38.5. The molecule has 4 heterocycles. The smallest absolute Gasteiger partial charge is 0.164 e. The van der Waals surface area contributed by atoms with E-state index in [9.17, 15) is 0 Å². The van der Waals surface area contributed by atoms with E-state index in [-0.39, 0.29) is 0 Å². The molecule has 0 fully saturated rings. The Labute approximate surface area is 336 Å². The molecule has 0 saturated heterocycles. The average molecular weight is 772 g/mol. The van der Waals surface area contributed by atoms with Crippen LogP contribution in [0.3, 0.4) is 0 Å². The number of nitrogens with two attached hydrogens (primary N) is 1. The molecule has 0 aliphatic rings. The highest BCUT2D eigenvalue weighted by Gasteiger charge is 2.19. The summed E-state index contributed by atoms with van der Waals surface area (Å²) < 4.78 is 9.58. The number of nitrogens with zero attached hydrogens (tertiary/aromatic N) is 3. The number of fused-ring (bicyclic) bond motifs is 7. The fourth-order valence-electron chi connectivity index (χ4n) is 7.42. The van der Waals surface area contributed by atoms with E-state index in [1.54, 1.807) is 11.3 Å². The Balaban J connectivity index is 0.000000143. The number of nitrogens with one attached hydrogen (secondary N) is 1. The Kier molecular flexibility index (Phi) is 8.62. The molecular formula is C49H33N5OS2. The summed E-state index contributed by atoms with van der Waals surface area (Å²) in [5.41, 5.74) is 14.1. The van der Waals surface area contributed by atoms with E-state index >= 15 is 0 Å². The summed E-state index contributed by atoms with van der Waals surface area (Å²) in [5, 5.41) is 14.3. The molecule has 6 nitrogen and oxygen atoms in total. The molecule has 3 N–H and O–H groups in total. The van der Waals surface area contributed by atoms with E-state index in [1.165, 1.54) is 25.7 Å². The lowest BCUT2D eigenvalue weighted by Crippen LogP contribution is -2.01. The van der Waals surface area contributed by atoms with E-state index in [4.69, 9.17) is 30.5 Å². The van der Waals surface area contributed by atoms with Crippen LogP contribution in [0.15, 0.2) is 168 Å². The molecule has 11 rings (SSSR count). The second-order valence-electron chi connectivity index (χ2n) is 13.8. The number of para-hydroxylation sites is 1. The summed E-state index contributed by atoms with van der Waals surface area (Å²) in [7, 11) is 0. The average Bonchev–Trinajstić information content (AvgIpc) is 3.95. The number of rotatable bonds is 5. The number of furan rings is 1. The fourth-order valence-corrected chi connectivity index (χ4v) is 9.72. The predicted octanol–water partition coefficient (Wildman–Crippen LogP) is 13.3. The van der Waals surface area contributed by atoms with Gasteiger partial charge in [0.15, 0.2) is 17.5 Å². The van der Waals surface area contributed by atoms with Crippen LogP contribution in [-0.2, 0) is 0 Å². The van der Waals surface area contributed by atoms with Crippen LogP contribution in [0.1, 0.15) is 16.0 Å². The van der Waals surface area contributed by atoms with Crippen LogP contribution in [0.2, 0.25) is 0 Å². The summed E-state index contributed by atoms with van der Waals surface area (Å²) in [6.45, 7) is 2.17. The van der Waals surface area contributed by atoms with Crippen LogP contribution in [0.5, 0.6) is 0 Å². The van der Waals surface area contributed by atoms with Crippen molar-refractivity contribution in [1.29, 1.82) is 5.41 Å². The van der Waals surface area contributed by atoms with Crippen LogP contribution in [0.4, 0.5) is 5.69 Å². The topological polar surface area (TPSA) is 102 Å². The van der Waals surface area contributed by atoms with Crippen molar-refractivity contribution in [2.45, 2.75) is 6.92 Å². The Bertz CT molecular complexity index is 3240. The Morgan fingerprint density at radius 2 is 1.11 bits per heavy atom. The van der Waals surface area contributed by atoms with Gasteiger partial charge in [0.05, 0.1) is 16.3 Å². The van der Waals surface area contributed by atoms with Crippen LogP contribution in [0, 0.1) is 12.3 Å². The molecule has 8 heteroatoms. The summed E-state index contributed by atoms with van der Waals surface area (Å²) in [4.78, 5) is 15.5. The molecule has 11 aromatic rings. The number of aromatic nitrogens is 3. The van der Waals surface area contributed by atoms with E-state index in [2.05, 4.69) is 49.4 Å². The van der Waals surface area contributed by atoms with Gasteiger partial charge in [-0.25, -0.2) is 15.0 Å². The van der Waals surface area contributed by atoms with Gasteiger partial charge in [-0.3, -0.25) is 5.41 Å². The molecule has 4 aromatic heterocycles. The monoisotopic (exact) mass is 771 g/mol. The maximum atomic E-state index is 8.64. The van der Waals surface area contributed by atoms with E-state index in [1.807, 2.05) is 133 Å². The molecule has 272 valence electrons. The van der Waals surface area contributed by atoms with Crippen molar-refractivity contribution in [3.8, 4) is 34.2 Å². The standard InChI is InChI=1S/C28H19N3S.C21H14N2OS/c1-18-10-8-16-22-24(18)25-21(15-9-17-23(25)32-22)28-30-26(19-11-4-2-5-12-19)29-27(31-28)20-13-6-3-7-14-20;22-19(21-20(23)15-6-2-4-8-18(15)25-21)12-9-10-14-13-5-1-3-7-16(13)24-17(14)11-12/h2-17H,1H3;1-11,22H,23H2. The largest absolute Gasteiger partial charge is 0.456 e. The lowest BCUT2D eigenvalue weighted by molar-refractivity contribution is 0.669. The maximum absolute atomic E-state index is 8.64. The van der Waals surface area contributed by atoms with Gasteiger partial charge in [-0.05, 0) is 48.9 Å². The van der Waals surface area contributed by atoms with Gasteiger partial charge in [0.2, 0.25) is 0 Å². The Morgan fingerprint density at radius 1 is 0.526 bits per heavy atom. The molecule has 0 saturated carbocycles. The first kappa shape index (κ1) is 34.5. The summed E-state index contributed by atoms with van der Waals surface area (Å²) >= 11 is 3.37. The van der Waals surface area contributed by atoms with E-state index in [0.29, 0.717) is 28.9 Å². The quantitative estimate of drug-likeness (QED) is 0.170. The van der Waals surface area contributed by atoms with E-state index < -0.39 is 0 Å². The molecule has 0 amide bonds. The van der Waals surface area contributed by atoms with Crippen LogP contribution in [-0.4, -0.2) is 20.7 Å². The number of anilines is 1. The van der Waals surface area contributed by atoms with Crippen molar-refractivity contribution in [3.05, 3.63) is 180 Å². The van der Waals surface area contributed by atoms with Crippen molar-refractivity contribution in [3.63, 3.8) is 0 Å². The maximum Gasteiger partial charge on any atom is 0.164 e. The van der Waals surface area contributed by atoms with Crippen LogP contribution >= 0.6 is 22.7 Å². The second kappa shape index (κ2) is 14.3. The van der Waals surface area contributed by atoms with Crippen molar-refractivity contribution in [2.75, 3.05) is 5.73 Å². The first-order chi connectivity index (χ1) is 28.0. The van der Waals surface area contributed by atoms with Crippen molar-refractivity contribution >= 4 is 86.3 Å². The van der Waals surface area contributed by atoms with Gasteiger partial charge in [0.1, 0.15) is 11.2 Å². The molecule has 0 aliphatic heterocycles. The molecular weight excluding hydrogens is 739 g/mol. The SMILES string of the molecule is Cc1cccc2sc3cccc(-c4nc(-c5ccccc5)nc(-c5ccccc5)n4)c3c12.N=C(c1ccc2c(c1)oc1ccccc12)c1sc2ccccc2c1N. The third-order valence-corrected chi connectivity index (χ3v) is 12.5. The summed E-state index contributed by atoms with van der Waals surface area (Å²) in [6, 6.07) is 55.0. The molecule has 57 heavy (non-hydrogen) atoms. The van der Waals surface area contributed by atoms with Gasteiger partial charge >= 0.3 is 0 Å². The molecule has 0 bridgehead atoms. The second-order valence-corrected chi connectivity index (χ2v) is 15.9. The third kappa shape index (κ3) is 6.21. The summed E-state index contributed by atoms with van der Waals surface area (Å²) in [6.07, 6.45) is 0. The van der Waals surface area contributed by atoms with Gasteiger partial charge in [-0.15, -0.1) is 22.7 Å². The first-order valence-corrected chi connectivity index (χ1v) is 20.2. The minimum atomic E-state index is 0.432. The number of benzene rings is 7. The zero-order valence-electron chi connectivity index (χ0n) is 30.7. The van der Waals surface area contributed by atoms with Crippen molar-refractivity contribution in [1.82, 2.24) is 15.0 Å². The lowest BCUT2D eigenvalue weighted by atomic mass is 10.0. The van der Waals surface area contributed by atoms with Gasteiger partial charge < -0.3 is 10.2 Å². The van der Waals surface area contributed by atoms with Gasteiger partial charge in [0, 0.05) is 63.3 Å². The molecule has 7 aromatic carbocycles. The number of aryl methyl sites for hydroxylation is 1. The number of hydrogen-bond acceptors (Lipinski definition) is 8. The highest BCUT2D eigenvalue weighted by Crippen LogP contribution is 2.41. The molecule has 0 unspecified atom stereocenters. The molecule has 0 radical (unpaired) electrons. The van der Waals surface area contributed by atoms with Crippen LogP contribution < -0.4 is 5.73 Å². The Morgan fingerprint density at radius 3 is 1.82 bits per heavy atom. The zero-order valence-corrected chi connectivity index (χ0v) is 32.4. The number of hydrogen-bond donors (Lipinski definition) is 2. The van der Waals surface area contributed by atoms with Crippen molar-refractivity contribution < 1.29 is 4.42 Å². The van der Waals surface area contributed by atoms with Gasteiger partial charge in [-0.1, -0.05) is 127 Å². The Hall–Kier alpha value is -7.00. The number of thiophene rings is 2. The highest BCUT2D eigenvalue weighted by atomic mass is 32.1. The molecule has 0 aliphatic carbocycles. The molecule has 0 atom stereocenters. The normalized spacial score (nSPS) is 11.4. The van der Waals surface area contributed by atoms with Crippen molar-refractivity contribution in [2.24, 2.45) is 0 Å². The number of nitrogen functional groups attached to an aromatic ring is 1. The third-order valence-electron chi connectivity index (χ3n) is 10.2. The summed E-state index contributed by atoms with van der Waals surface area (Å²) in [5.74, 6) is 2.07. The minimum absolute atomic E-state index is 0.432. The van der Waals surface area contributed by atoms with Gasteiger partial charge in [-0.2, -0.15) is 0 Å². The predicted molar refractivity (Wildman–Crippen MR) is 240 cm³/mol. The first-order valence-electron chi connectivity index (χ1n) is 18.6. The highest BCUT2D eigenvalue weighted by molar-refractivity contribution is 7.26. The van der Waals surface area contributed by atoms with Crippen LogP contribution in [0.25, 0.3) is 86.4 Å². The van der Waals surface area contributed by atoms with Gasteiger partial charge in [0.25, 0.3) is 0 Å². The van der Waals surface area contributed by atoms with E-state index in [0.717, 1.165) is 59.2 Å². The minimum Gasteiger partial charge on any atom is -0.456 e. The fraction of sp³-hybridized carbons (Fsp3) is 0.0204. The molecule has 0 spiro atoms. The lowest BCUT2D eigenvalue weighted by Gasteiger charge is -2.10.